The van der Waals surface area contributed by atoms with Crippen LogP contribution in [0.2, 0.25) is 0 Å². The van der Waals surface area contributed by atoms with Gasteiger partial charge in [0.25, 0.3) is 0 Å². The lowest BCUT2D eigenvalue weighted by molar-refractivity contribution is 0.669. The normalized spacial score (nSPS) is 11.3. The van der Waals surface area contributed by atoms with Crippen molar-refractivity contribution < 1.29 is 4.42 Å². The van der Waals surface area contributed by atoms with E-state index in [0.29, 0.717) is 5.82 Å². The van der Waals surface area contributed by atoms with Crippen molar-refractivity contribution in [1.29, 1.82) is 0 Å². The summed E-state index contributed by atoms with van der Waals surface area (Å²) in [4.78, 5) is 9.84. The Hall–Kier alpha value is -3.76. The molecule has 4 aromatic carbocycles. The second-order valence-electron chi connectivity index (χ2n) is 7.62. The summed E-state index contributed by atoms with van der Waals surface area (Å²) in [5.74, 6) is 0.692. The van der Waals surface area contributed by atoms with Crippen LogP contribution in [0.15, 0.2) is 112 Å². The lowest BCUT2D eigenvalue weighted by atomic mass is 10.0. The molecule has 0 aliphatic rings. The summed E-state index contributed by atoms with van der Waals surface area (Å²) in [5, 5.41) is 2.16. The SMILES string of the molecule is Brc1ccc2c(c1)oc1c(-c3cc(-c4ccccc4)nc(-c4ccccc4)n3)cccc12. The highest BCUT2D eigenvalue weighted by Crippen LogP contribution is 2.37. The van der Waals surface area contributed by atoms with E-state index >= 15 is 0 Å². The molecule has 0 N–H and O–H groups in total. The number of nitrogens with zero attached hydrogens (tertiary/aromatic N) is 2. The molecular formula is C28H17BrN2O. The quantitative estimate of drug-likeness (QED) is 0.258. The second-order valence-corrected chi connectivity index (χ2v) is 8.53. The van der Waals surface area contributed by atoms with Crippen molar-refractivity contribution in [3.63, 3.8) is 0 Å². The van der Waals surface area contributed by atoms with Crippen molar-refractivity contribution in [2.75, 3.05) is 0 Å². The molecule has 2 aromatic heterocycles. The van der Waals surface area contributed by atoms with Crippen LogP contribution in [0.5, 0.6) is 0 Å². The van der Waals surface area contributed by atoms with Gasteiger partial charge in [-0.05, 0) is 30.3 Å². The Kier molecular flexibility index (Phi) is 4.58. The van der Waals surface area contributed by atoms with Crippen LogP contribution in [-0.4, -0.2) is 9.97 Å². The van der Waals surface area contributed by atoms with Gasteiger partial charge in [0.2, 0.25) is 0 Å². The number of furan rings is 1. The van der Waals surface area contributed by atoms with Crippen molar-refractivity contribution in [2.45, 2.75) is 0 Å². The molecule has 0 saturated carbocycles. The third kappa shape index (κ3) is 3.29. The maximum atomic E-state index is 6.32. The van der Waals surface area contributed by atoms with E-state index in [1.54, 1.807) is 0 Å². The van der Waals surface area contributed by atoms with Gasteiger partial charge in [-0.2, -0.15) is 0 Å². The van der Waals surface area contributed by atoms with Crippen LogP contribution in [0.4, 0.5) is 0 Å². The number of halogens is 1. The van der Waals surface area contributed by atoms with E-state index in [0.717, 1.165) is 54.5 Å². The van der Waals surface area contributed by atoms with Gasteiger partial charge in [-0.25, -0.2) is 9.97 Å². The molecule has 6 aromatic rings. The summed E-state index contributed by atoms with van der Waals surface area (Å²) < 4.78 is 7.31. The van der Waals surface area contributed by atoms with Gasteiger partial charge in [0.1, 0.15) is 11.2 Å². The molecular weight excluding hydrogens is 460 g/mol. The average Bonchev–Trinajstić information content (AvgIpc) is 3.22. The van der Waals surface area contributed by atoms with Gasteiger partial charge < -0.3 is 4.42 Å². The number of rotatable bonds is 3. The van der Waals surface area contributed by atoms with Crippen molar-refractivity contribution in [3.05, 3.63) is 108 Å². The van der Waals surface area contributed by atoms with Gasteiger partial charge in [0.05, 0.1) is 11.4 Å². The number of aromatic nitrogens is 2. The van der Waals surface area contributed by atoms with E-state index < -0.39 is 0 Å². The number of benzene rings is 4. The Labute approximate surface area is 193 Å². The van der Waals surface area contributed by atoms with Crippen molar-refractivity contribution in [3.8, 4) is 33.9 Å². The fourth-order valence-corrected chi connectivity index (χ4v) is 4.37. The van der Waals surface area contributed by atoms with E-state index in [9.17, 15) is 0 Å². The summed E-state index contributed by atoms with van der Waals surface area (Å²) in [6.45, 7) is 0. The van der Waals surface area contributed by atoms with Crippen LogP contribution in [0, 0.1) is 0 Å². The van der Waals surface area contributed by atoms with E-state index in [2.05, 4.69) is 52.3 Å². The Balaban J connectivity index is 1.63. The van der Waals surface area contributed by atoms with Gasteiger partial charge in [0.15, 0.2) is 5.82 Å². The monoisotopic (exact) mass is 476 g/mol. The topological polar surface area (TPSA) is 38.9 Å². The zero-order chi connectivity index (χ0) is 21.5. The third-order valence-corrected chi connectivity index (χ3v) is 6.06. The molecule has 0 atom stereocenters. The smallest absolute Gasteiger partial charge is 0.160 e. The summed E-state index contributed by atoms with van der Waals surface area (Å²) >= 11 is 3.54. The first-order valence-corrected chi connectivity index (χ1v) is 11.2. The van der Waals surface area contributed by atoms with Crippen LogP contribution in [0.25, 0.3) is 55.8 Å². The maximum absolute atomic E-state index is 6.32. The molecule has 0 unspecified atom stereocenters. The number of fused-ring (bicyclic) bond motifs is 3. The predicted octanol–water partition coefficient (Wildman–Crippen LogP) is 8.14. The summed E-state index contributed by atoms with van der Waals surface area (Å²) in [7, 11) is 0. The fourth-order valence-electron chi connectivity index (χ4n) is 4.03. The van der Waals surface area contributed by atoms with Crippen molar-refractivity contribution >= 4 is 37.9 Å². The van der Waals surface area contributed by atoms with Gasteiger partial charge in [-0.1, -0.05) is 88.7 Å². The largest absolute Gasteiger partial charge is 0.455 e. The zero-order valence-corrected chi connectivity index (χ0v) is 18.6. The van der Waals surface area contributed by atoms with Gasteiger partial charge in [-0.15, -0.1) is 0 Å². The highest BCUT2D eigenvalue weighted by molar-refractivity contribution is 9.10. The molecule has 0 aliphatic heterocycles. The summed E-state index contributed by atoms with van der Waals surface area (Å²) in [5.41, 5.74) is 6.37. The van der Waals surface area contributed by atoms with Gasteiger partial charge in [-0.3, -0.25) is 0 Å². The first-order valence-electron chi connectivity index (χ1n) is 10.4. The number of hydrogen-bond donors (Lipinski definition) is 0. The fraction of sp³-hybridized carbons (Fsp3) is 0. The predicted molar refractivity (Wildman–Crippen MR) is 133 cm³/mol. The molecule has 152 valence electrons. The minimum Gasteiger partial charge on any atom is -0.455 e. The van der Waals surface area contributed by atoms with Crippen LogP contribution >= 0.6 is 15.9 Å². The Morgan fingerprint density at radius 1 is 0.594 bits per heavy atom. The molecule has 0 radical (unpaired) electrons. The molecule has 0 bridgehead atoms. The summed E-state index contributed by atoms with van der Waals surface area (Å²) in [6, 6.07) is 34.7. The number of hydrogen-bond acceptors (Lipinski definition) is 3. The molecule has 0 spiro atoms. The molecule has 0 saturated heterocycles. The highest BCUT2D eigenvalue weighted by Gasteiger charge is 2.16. The summed E-state index contributed by atoms with van der Waals surface area (Å²) in [6.07, 6.45) is 0. The second kappa shape index (κ2) is 7.74. The lowest BCUT2D eigenvalue weighted by Crippen LogP contribution is -1.96. The average molecular weight is 477 g/mol. The van der Waals surface area contributed by atoms with Gasteiger partial charge >= 0.3 is 0 Å². The first kappa shape index (κ1) is 19.0. The molecule has 0 fully saturated rings. The molecule has 4 heteroatoms. The first-order chi connectivity index (χ1) is 15.8. The lowest BCUT2D eigenvalue weighted by Gasteiger charge is -2.09. The molecule has 32 heavy (non-hydrogen) atoms. The molecule has 6 rings (SSSR count). The Bertz CT molecular complexity index is 1520. The Morgan fingerprint density at radius 3 is 2.09 bits per heavy atom. The maximum Gasteiger partial charge on any atom is 0.160 e. The van der Waals surface area contributed by atoms with Crippen LogP contribution < -0.4 is 0 Å². The van der Waals surface area contributed by atoms with E-state index in [1.165, 1.54) is 0 Å². The van der Waals surface area contributed by atoms with E-state index in [4.69, 9.17) is 14.4 Å². The molecule has 0 aliphatic carbocycles. The van der Waals surface area contributed by atoms with Crippen molar-refractivity contribution in [1.82, 2.24) is 9.97 Å². The van der Waals surface area contributed by atoms with Crippen LogP contribution in [-0.2, 0) is 0 Å². The third-order valence-electron chi connectivity index (χ3n) is 5.56. The van der Waals surface area contributed by atoms with Crippen molar-refractivity contribution in [2.24, 2.45) is 0 Å². The highest BCUT2D eigenvalue weighted by atomic mass is 79.9. The Morgan fingerprint density at radius 2 is 1.31 bits per heavy atom. The minimum absolute atomic E-state index is 0.692. The van der Waals surface area contributed by atoms with Gasteiger partial charge in [0, 0.05) is 31.9 Å². The molecule has 3 nitrogen and oxygen atoms in total. The molecule has 2 heterocycles. The molecule has 0 amide bonds. The van der Waals surface area contributed by atoms with Crippen LogP contribution in [0.3, 0.4) is 0 Å². The van der Waals surface area contributed by atoms with E-state index in [1.807, 2.05) is 66.7 Å². The minimum atomic E-state index is 0.692. The van der Waals surface area contributed by atoms with Crippen LogP contribution in [0.1, 0.15) is 0 Å². The van der Waals surface area contributed by atoms with E-state index in [-0.39, 0.29) is 0 Å². The standard InChI is InChI=1S/C28H17BrN2O/c29-20-14-15-21-22-12-7-13-23(27(22)32-26(21)16-20)25-17-24(18-8-3-1-4-9-18)30-28(31-25)19-10-5-2-6-11-19/h1-17H. The zero-order valence-electron chi connectivity index (χ0n) is 17.0. The number of para-hydroxylation sites is 1.